The molecule has 130 valence electrons. The van der Waals surface area contributed by atoms with Crippen LogP contribution in [0, 0.1) is 6.92 Å². The number of aryl methyl sites for hydroxylation is 1. The minimum absolute atomic E-state index is 0.316. The normalized spacial score (nSPS) is 11.3. The number of benzene rings is 1. The summed E-state index contributed by atoms with van der Waals surface area (Å²) in [6, 6.07) is 10.9. The van der Waals surface area contributed by atoms with Crippen molar-refractivity contribution in [2.75, 3.05) is 5.75 Å². The molecule has 0 atom stereocenters. The van der Waals surface area contributed by atoms with Crippen LogP contribution >= 0.6 is 23.4 Å². The second-order valence-electron chi connectivity index (χ2n) is 5.07. The van der Waals surface area contributed by atoms with E-state index in [2.05, 4.69) is 22.2 Å². The fourth-order valence-corrected chi connectivity index (χ4v) is 2.90. The maximum atomic E-state index is 5.93. The molecule has 0 unspecified atom stereocenters. The van der Waals surface area contributed by atoms with Gasteiger partial charge in [0, 0.05) is 5.02 Å². The van der Waals surface area contributed by atoms with E-state index in [0.29, 0.717) is 28.9 Å². The largest absolute Gasteiger partial charge is 0.486 e. The molecule has 3 rings (SSSR count). The summed E-state index contributed by atoms with van der Waals surface area (Å²) in [7, 11) is 0. The van der Waals surface area contributed by atoms with E-state index in [1.54, 1.807) is 34.8 Å². The molecule has 3 aromatic rings. The third-order valence-electron chi connectivity index (χ3n) is 3.20. The van der Waals surface area contributed by atoms with E-state index < -0.39 is 0 Å². The molecule has 6 nitrogen and oxygen atoms in total. The van der Waals surface area contributed by atoms with Crippen LogP contribution in [0.15, 0.2) is 51.1 Å². The Morgan fingerprint density at radius 1 is 1.32 bits per heavy atom. The molecule has 0 saturated carbocycles. The lowest BCUT2D eigenvalue weighted by Crippen LogP contribution is -1.96. The number of hydrogen-bond acceptors (Lipinski definition) is 6. The lowest BCUT2D eigenvalue weighted by Gasteiger charge is -2.03. The van der Waals surface area contributed by atoms with Crippen LogP contribution in [0.5, 0.6) is 5.75 Å². The summed E-state index contributed by atoms with van der Waals surface area (Å²) in [5.41, 5.74) is 0. The van der Waals surface area contributed by atoms with Gasteiger partial charge in [-0.05, 0) is 43.0 Å². The zero-order valence-corrected chi connectivity index (χ0v) is 15.4. The van der Waals surface area contributed by atoms with Gasteiger partial charge in [0.25, 0.3) is 0 Å². The van der Waals surface area contributed by atoms with Crippen LogP contribution in [0.25, 0.3) is 0 Å². The highest BCUT2D eigenvalue weighted by molar-refractivity contribution is 7.99. The molecule has 0 amide bonds. The summed E-state index contributed by atoms with van der Waals surface area (Å²) < 4.78 is 13.1. The van der Waals surface area contributed by atoms with Gasteiger partial charge in [0.1, 0.15) is 23.9 Å². The minimum atomic E-state index is 0.316. The Morgan fingerprint density at radius 2 is 2.20 bits per heavy atom. The zero-order valence-electron chi connectivity index (χ0n) is 13.8. The average molecular weight is 377 g/mol. The number of ether oxygens (including phenoxy) is 1. The number of rotatable bonds is 7. The molecule has 0 radical (unpaired) electrons. The van der Waals surface area contributed by atoms with E-state index in [1.807, 2.05) is 31.2 Å². The van der Waals surface area contributed by atoms with Crippen LogP contribution in [0.3, 0.4) is 0 Å². The molecule has 0 bridgehead atoms. The molecule has 0 aliphatic carbocycles. The summed E-state index contributed by atoms with van der Waals surface area (Å²) >= 11 is 7.52. The first-order valence-electron chi connectivity index (χ1n) is 7.72. The topological polar surface area (TPSA) is 65.4 Å². The second-order valence-corrected chi connectivity index (χ2v) is 6.74. The van der Waals surface area contributed by atoms with Crippen LogP contribution in [0.1, 0.15) is 24.3 Å². The van der Waals surface area contributed by atoms with Crippen molar-refractivity contribution in [2.24, 2.45) is 5.10 Å². The van der Waals surface area contributed by atoms with E-state index in [1.165, 1.54) is 0 Å². The van der Waals surface area contributed by atoms with Gasteiger partial charge in [0.2, 0.25) is 5.16 Å². The number of thioether (sulfide) groups is 1. The van der Waals surface area contributed by atoms with Gasteiger partial charge in [0.15, 0.2) is 5.82 Å². The molecule has 0 spiro atoms. The van der Waals surface area contributed by atoms with Gasteiger partial charge in [-0.25, -0.2) is 0 Å². The highest BCUT2D eigenvalue weighted by Gasteiger charge is 2.07. The zero-order chi connectivity index (χ0) is 17.6. The molecule has 2 aromatic heterocycles. The molecule has 0 aliphatic rings. The predicted octanol–water partition coefficient (Wildman–Crippen LogP) is 4.41. The Balaban J connectivity index is 1.64. The highest BCUT2D eigenvalue weighted by atomic mass is 35.5. The van der Waals surface area contributed by atoms with E-state index >= 15 is 0 Å². The number of nitrogens with zero attached hydrogens (tertiary/aromatic N) is 4. The smallest absolute Gasteiger partial charge is 0.212 e. The van der Waals surface area contributed by atoms with Crippen molar-refractivity contribution in [3.05, 3.63) is 58.8 Å². The van der Waals surface area contributed by atoms with Crippen LogP contribution in [-0.2, 0) is 6.61 Å². The predicted molar refractivity (Wildman–Crippen MR) is 98.6 cm³/mol. The van der Waals surface area contributed by atoms with Crippen LogP contribution in [-0.4, -0.2) is 26.8 Å². The molecule has 0 fully saturated rings. The number of hydrogen-bond donors (Lipinski definition) is 0. The Labute approximate surface area is 154 Å². The Kier molecular flexibility index (Phi) is 5.78. The molecule has 8 heteroatoms. The third kappa shape index (κ3) is 4.64. The summed E-state index contributed by atoms with van der Waals surface area (Å²) in [6.45, 7) is 4.23. The van der Waals surface area contributed by atoms with Gasteiger partial charge in [0.05, 0.1) is 6.21 Å². The van der Waals surface area contributed by atoms with Crippen molar-refractivity contribution in [1.82, 2.24) is 14.9 Å². The monoisotopic (exact) mass is 376 g/mol. The average Bonchev–Trinajstić information content (AvgIpc) is 3.19. The molecular weight excluding hydrogens is 360 g/mol. The third-order valence-corrected chi connectivity index (χ3v) is 4.24. The Morgan fingerprint density at radius 3 is 3.00 bits per heavy atom. The van der Waals surface area contributed by atoms with Gasteiger partial charge >= 0.3 is 0 Å². The summed E-state index contributed by atoms with van der Waals surface area (Å²) in [6.07, 6.45) is 1.64. The van der Waals surface area contributed by atoms with E-state index in [4.69, 9.17) is 20.8 Å². The molecular formula is C17H17ClN4O2S. The maximum absolute atomic E-state index is 5.93. The van der Waals surface area contributed by atoms with E-state index in [0.717, 1.165) is 16.7 Å². The quantitative estimate of drug-likeness (QED) is 0.451. The minimum Gasteiger partial charge on any atom is -0.486 e. The van der Waals surface area contributed by atoms with Gasteiger partial charge in [-0.15, -0.1) is 10.2 Å². The summed E-state index contributed by atoms with van der Waals surface area (Å²) in [5.74, 6) is 3.65. The number of halogens is 1. The van der Waals surface area contributed by atoms with Crippen LogP contribution in [0.4, 0.5) is 0 Å². The number of aromatic nitrogens is 3. The van der Waals surface area contributed by atoms with Crippen molar-refractivity contribution in [3.8, 4) is 5.75 Å². The SMILES string of the molecule is CCSc1nnc(C)n1/N=C\c1ccc(COc2cccc(Cl)c2)o1. The molecule has 1 aromatic carbocycles. The van der Waals surface area contributed by atoms with E-state index in [-0.39, 0.29) is 0 Å². The highest BCUT2D eigenvalue weighted by Crippen LogP contribution is 2.19. The first kappa shape index (κ1) is 17.6. The Hall–Kier alpha value is -2.25. The van der Waals surface area contributed by atoms with Gasteiger partial charge < -0.3 is 9.15 Å². The van der Waals surface area contributed by atoms with E-state index in [9.17, 15) is 0 Å². The van der Waals surface area contributed by atoms with Crippen LogP contribution < -0.4 is 4.74 Å². The molecule has 0 aliphatic heterocycles. The maximum Gasteiger partial charge on any atom is 0.212 e. The Bertz CT molecular complexity index is 875. The summed E-state index contributed by atoms with van der Waals surface area (Å²) in [4.78, 5) is 0. The van der Waals surface area contributed by atoms with Crippen LogP contribution in [0.2, 0.25) is 5.02 Å². The first-order valence-corrected chi connectivity index (χ1v) is 9.08. The summed E-state index contributed by atoms with van der Waals surface area (Å²) in [5, 5.41) is 13.9. The molecule has 2 heterocycles. The molecule has 0 N–H and O–H groups in total. The van der Waals surface area contributed by atoms with Gasteiger partial charge in [-0.2, -0.15) is 9.78 Å². The van der Waals surface area contributed by atoms with Gasteiger partial charge in [-0.3, -0.25) is 0 Å². The van der Waals surface area contributed by atoms with Crippen molar-refractivity contribution < 1.29 is 9.15 Å². The lowest BCUT2D eigenvalue weighted by atomic mass is 10.3. The number of furan rings is 1. The fraction of sp³-hybridized carbons (Fsp3) is 0.235. The lowest BCUT2D eigenvalue weighted by molar-refractivity contribution is 0.270. The van der Waals surface area contributed by atoms with Crippen molar-refractivity contribution >= 4 is 29.6 Å². The molecule has 25 heavy (non-hydrogen) atoms. The first-order chi connectivity index (χ1) is 12.2. The van der Waals surface area contributed by atoms with Crippen molar-refractivity contribution in [2.45, 2.75) is 25.6 Å². The van der Waals surface area contributed by atoms with Gasteiger partial charge in [-0.1, -0.05) is 36.4 Å². The standard InChI is InChI=1S/C17H17ClN4O2S/c1-3-25-17-21-20-12(2)22(17)19-10-15-7-8-16(24-15)11-23-14-6-4-5-13(18)9-14/h4-10H,3,11H2,1-2H3/b19-10-. The molecule has 0 saturated heterocycles. The second kappa shape index (κ2) is 8.22. The van der Waals surface area contributed by atoms with Crippen molar-refractivity contribution in [3.63, 3.8) is 0 Å². The van der Waals surface area contributed by atoms with Crippen molar-refractivity contribution in [1.29, 1.82) is 0 Å². The fourth-order valence-electron chi connectivity index (χ4n) is 2.06.